The van der Waals surface area contributed by atoms with Gasteiger partial charge < -0.3 is 0 Å². The second-order valence-electron chi connectivity index (χ2n) is 5.04. The highest BCUT2D eigenvalue weighted by Crippen LogP contribution is 2.35. The van der Waals surface area contributed by atoms with Gasteiger partial charge in [-0.05, 0) is 24.3 Å². The zero-order chi connectivity index (χ0) is 17.9. The number of nitrogens with zero attached hydrogens (tertiary/aromatic N) is 3. The number of hydrogen-bond acceptors (Lipinski definition) is 3. The minimum atomic E-state index is -4.72. The lowest BCUT2D eigenvalue weighted by Gasteiger charge is -2.11. The smallest absolute Gasteiger partial charge is 0.265 e. The number of rotatable bonds is 1. The molecule has 0 atom stereocenters. The van der Waals surface area contributed by atoms with Gasteiger partial charge in [-0.3, -0.25) is 15.0 Å². The van der Waals surface area contributed by atoms with Crippen molar-refractivity contribution in [3.05, 3.63) is 84.2 Å². The molecule has 3 nitrogen and oxygen atoms in total. The van der Waals surface area contributed by atoms with E-state index in [0.29, 0.717) is 17.5 Å². The number of aliphatic imine (C=N–C) groups is 2. The van der Waals surface area contributed by atoms with Gasteiger partial charge in [0.2, 0.25) is 0 Å². The van der Waals surface area contributed by atoms with Gasteiger partial charge in [0.05, 0.1) is 17.0 Å². The van der Waals surface area contributed by atoms with Crippen molar-refractivity contribution >= 4 is 17.0 Å². The van der Waals surface area contributed by atoms with Crippen molar-refractivity contribution in [3.8, 4) is 0 Å². The summed E-state index contributed by atoms with van der Waals surface area (Å²) in [5.74, 6) is -1.30. The summed E-state index contributed by atoms with van der Waals surface area (Å²) >= 11 is 0. The van der Waals surface area contributed by atoms with Gasteiger partial charge in [0, 0.05) is 35.9 Å². The number of fused-ring (bicyclic) bond motifs is 1. The Labute approximate surface area is 140 Å². The molecule has 0 saturated carbocycles. The molecule has 0 radical (unpaired) electrons. The maximum atomic E-state index is 14.0. The van der Waals surface area contributed by atoms with E-state index in [-0.39, 0.29) is 11.1 Å². The maximum Gasteiger partial charge on any atom is 0.419 e. The number of aromatic nitrogens is 1. The first-order valence-corrected chi connectivity index (χ1v) is 7.22. The molecular weight excluding hydrogens is 334 g/mol. The molecule has 2 aliphatic rings. The molecule has 1 aromatic carbocycles. The number of halogens is 4. The first kappa shape index (κ1) is 16.8. The van der Waals surface area contributed by atoms with Crippen LogP contribution in [0.1, 0.15) is 11.1 Å². The van der Waals surface area contributed by atoms with Crippen LogP contribution in [0.2, 0.25) is 0 Å². The molecular formula is C18H11F4N3. The third-order valence-electron chi connectivity index (χ3n) is 3.43. The predicted octanol–water partition coefficient (Wildman–Crippen LogP) is 4.69. The highest BCUT2D eigenvalue weighted by Gasteiger charge is 2.36. The molecule has 4 rings (SSSR count). The van der Waals surface area contributed by atoms with Crippen LogP contribution in [-0.2, 0) is 6.18 Å². The van der Waals surface area contributed by atoms with E-state index in [0.717, 1.165) is 0 Å². The Morgan fingerprint density at radius 3 is 2.24 bits per heavy atom. The minimum absolute atomic E-state index is 0.143. The molecule has 0 amide bonds. The normalized spacial score (nSPS) is 15.0. The Kier molecular flexibility index (Phi) is 4.56. The Hall–Kier alpha value is -3.09. The predicted molar refractivity (Wildman–Crippen MR) is 87.6 cm³/mol. The third-order valence-corrected chi connectivity index (χ3v) is 3.43. The molecule has 126 valence electrons. The third kappa shape index (κ3) is 3.55. The van der Waals surface area contributed by atoms with Crippen molar-refractivity contribution in [2.45, 2.75) is 6.18 Å². The second kappa shape index (κ2) is 6.80. The van der Waals surface area contributed by atoms with Gasteiger partial charge in [-0.25, -0.2) is 4.39 Å². The molecule has 1 aromatic heterocycles. The Balaban J connectivity index is 0.000000258. The fourth-order valence-corrected chi connectivity index (χ4v) is 2.30. The van der Waals surface area contributed by atoms with Crippen molar-refractivity contribution in [2.24, 2.45) is 9.98 Å². The molecule has 0 spiro atoms. The SMILES string of the molecule is Fc1c(C2=CN=C3C=CN=C23)cccc1C(F)(F)F.c1ccncc1. The summed E-state index contributed by atoms with van der Waals surface area (Å²) in [6.45, 7) is 0. The minimum Gasteiger partial charge on any atom is -0.265 e. The van der Waals surface area contributed by atoms with Crippen LogP contribution in [0.4, 0.5) is 17.6 Å². The molecule has 2 aliphatic heterocycles. The Bertz CT molecular complexity index is 868. The van der Waals surface area contributed by atoms with E-state index < -0.39 is 17.6 Å². The van der Waals surface area contributed by atoms with Crippen molar-refractivity contribution in [3.63, 3.8) is 0 Å². The van der Waals surface area contributed by atoms with Crippen molar-refractivity contribution in [2.75, 3.05) is 0 Å². The lowest BCUT2D eigenvalue weighted by atomic mass is 9.98. The van der Waals surface area contributed by atoms with E-state index in [2.05, 4.69) is 15.0 Å². The number of pyridine rings is 1. The standard InChI is InChI=1S/C13H6F4N2.C5H5N/c14-11-7(2-1-3-9(11)13(15,16)17)8-6-19-10-4-5-18-12(8)10;1-2-4-6-5-3-1/h1-6H;1-5H. The molecule has 2 aromatic rings. The number of benzene rings is 1. The highest BCUT2D eigenvalue weighted by atomic mass is 19.4. The Morgan fingerprint density at radius 2 is 1.64 bits per heavy atom. The van der Waals surface area contributed by atoms with Crippen LogP contribution in [0.3, 0.4) is 0 Å². The summed E-state index contributed by atoms with van der Waals surface area (Å²) in [5.41, 5.74) is -0.226. The van der Waals surface area contributed by atoms with Crippen LogP contribution in [0.15, 0.2) is 77.3 Å². The summed E-state index contributed by atoms with van der Waals surface area (Å²) in [7, 11) is 0. The van der Waals surface area contributed by atoms with Crippen molar-refractivity contribution in [1.82, 2.24) is 4.98 Å². The van der Waals surface area contributed by atoms with Gasteiger partial charge >= 0.3 is 6.18 Å². The van der Waals surface area contributed by atoms with E-state index in [9.17, 15) is 17.6 Å². The summed E-state index contributed by atoms with van der Waals surface area (Å²) in [6.07, 6.45) is 3.20. The number of allylic oxidation sites excluding steroid dienone is 2. The molecule has 0 N–H and O–H groups in total. The van der Waals surface area contributed by atoms with Gasteiger partial charge in [0.25, 0.3) is 0 Å². The lowest BCUT2D eigenvalue weighted by molar-refractivity contribution is -0.140. The quantitative estimate of drug-likeness (QED) is 0.691. The fraction of sp³-hybridized carbons (Fsp3) is 0.0556. The first-order valence-electron chi connectivity index (χ1n) is 7.22. The molecule has 7 heteroatoms. The molecule has 0 aliphatic carbocycles. The number of hydrogen-bond donors (Lipinski definition) is 0. The van der Waals surface area contributed by atoms with E-state index in [1.54, 1.807) is 18.5 Å². The molecule has 25 heavy (non-hydrogen) atoms. The largest absolute Gasteiger partial charge is 0.419 e. The van der Waals surface area contributed by atoms with Crippen LogP contribution in [0.25, 0.3) is 5.57 Å². The fourth-order valence-electron chi connectivity index (χ4n) is 2.30. The molecule has 0 fully saturated rings. The zero-order valence-corrected chi connectivity index (χ0v) is 12.7. The van der Waals surface area contributed by atoms with Crippen LogP contribution in [0.5, 0.6) is 0 Å². The van der Waals surface area contributed by atoms with E-state index in [4.69, 9.17) is 0 Å². The van der Waals surface area contributed by atoms with Gasteiger partial charge in [-0.1, -0.05) is 18.2 Å². The average molecular weight is 345 g/mol. The molecule has 0 bridgehead atoms. The summed E-state index contributed by atoms with van der Waals surface area (Å²) in [6, 6.07) is 8.89. The van der Waals surface area contributed by atoms with Crippen LogP contribution in [0, 0.1) is 5.82 Å². The summed E-state index contributed by atoms with van der Waals surface area (Å²) < 4.78 is 51.9. The molecule has 0 saturated heterocycles. The van der Waals surface area contributed by atoms with Crippen LogP contribution >= 0.6 is 0 Å². The van der Waals surface area contributed by atoms with Crippen LogP contribution in [-0.4, -0.2) is 16.4 Å². The molecule has 0 unspecified atom stereocenters. The van der Waals surface area contributed by atoms with E-state index in [1.807, 2.05) is 18.2 Å². The van der Waals surface area contributed by atoms with Gasteiger partial charge in [0.15, 0.2) is 0 Å². The average Bonchev–Trinajstić information content (AvgIpc) is 3.20. The molecule has 3 heterocycles. The van der Waals surface area contributed by atoms with E-state index in [1.165, 1.54) is 24.5 Å². The highest BCUT2D eigenvalue weighted by molar-refractivity contribution is 6.63. The van der Waals surface area contributed by atoms with Crippen LogP contribution < -0.4 is 0 Å². The maximum absolute atomic E-state index is 14.0. The zero-order valence-electron chi connectivity index (χ0n) is 12.7. The Morgan fingerprint density at radius 1 is 0.880 bits per heavy atom. The topological polar surface area (TPSA) is 37.6 Å². The summed E-state index contributed by atoms with van der Waals surface area (Å²) in [5, 5.41) is 0. The monoisotopic (exact) mass is 345 g/mol. The van der Waals surface area contributed by atoms with Crippen molar-refractivity contribution < 1.29 is 17.6 Å². The van der Waals surface area contributed by atoms with Gasteiger partial charge in [-0.2, -0.15) is 13.2 Å². The van der Waals surface area contributed by atoms with Gasteiger partial charge in [0.1, 0.15) is 5.82 Å². The lowest BCUT2D eigenvalue weighted by Crippen LogP contribution is -2.12. The van der Waals surface area contributed by atoms with Gasteiger partial charge in [-0.15, -0.1) is 0 Å². The first-order chi connectivity index (χ1) is 12.0. The number of alkyl halides is 3. The summed E-state index contributed by atoms with van der Waals surface area (Å²) in [4.78, 5) is 11.7. The van der Waals surface area contributed by atoms with E-state index >= 15 is 0 Å². The van der Waals surface area contributed by atoms with Crippen molar-refractivity contribution in [1.29, 1.82) is 0 Å². The second-order valence-corrected chi connectivity index (χ2v) is 5.04.